The van der Waals surface area contributed by atoms with Gasteiger partial charge in [0.25, 0.3) is 0 Å². The quantitative estimate of drug-likeness (QED) is 0.671. The van der Waals surface area contributed by atoms with Crippen LogP contribution in [0.2, 0.25) is 0 Å². The molecule has 0 saturated carbocycles. The van der Waals surface area contributed by atoms with Gasteiger partial charge in [0, 0.05) is 29.2 Å². The lowest BCUT2D eigenvalue weighted by Crippen LogP contribution is -2.16. The van der Waals surface area contributed by atoms with Gasteiger partial charge in [-0.05, 0) is 18.2 Å². The number of halogens is 3. The van der Waals surface area contributed by atoms with E-state index in [4.69, 9.17) is 5.73 Å². The third-order valence-electron chi connectivity index (χ3n) is 2.57. The summed E-state index contributed by atoms with van der Waals surface area (Å²) in [6.07, 6.45) is -2.00. The van der Waals surface area contributed by atoms with Gasteiger partial charge in [-0.25, -0.2) is 0 Å². The first kappa shape index (κ1) is 13.1. The molecule has 0 saturated heterocycles. The average Bonchev–Trinajstić information content (AvgIpc) is 2.37. The highest BCUT2D eigenvalue weighted by atomic mass is 19.4. The van der Waals surface area contributed by atoms with Crippen molar-refractivity contribution >= 4 is 11.5 Å². The van der Waals surface area contributed by atoms with Crippen LogP contribution in [0, 0.1) is 0 Å². The minimum atomic E-state index is -4.68. The number of anilines is 1. The molecule has 19 heavy (non-hydrogen) atoms. The Morgan fingerprint density at radius 2 is 1.74 bits per heavy atom. The SMILES string of the molecule is Nc1cccc(C(=O)c2ccncc2)c1C(F)(F)F. The Balaban J connectivity index is 2.58. The number of ketones is 1. The normalized spacial score (nSPS) is 11.3. The van der Waals surface area contributed by atoms with Gasteiger partial charge in [0.05, 0.1) is 5.56 Å². The van der Waals surface area contributed by atoms with E-state index >= 15 is 0 Å². The molecule has 2 rings (SSSR count). The van der Waals surface area contributed by atoms with Crippen LogP contribution in [0.1, 0.15) is 21.5 Å². The second-order valence-electron chi connectivity index (χ2n) is 3.83. The zero-order valence-corrected chi connectivity index (χ0v) is 9.61. The summed E-state index contributed by atoms with van der Waals surface area (Å²) in [4.78, 5) is 15.8. The third-order valence-corrected chi connectivity index (χ3v) is 2.57. The van der Waals surface area contributed by atoms with Crippen molar-refractivity contribution in [2.24, 2.45) is 0 Å². The molecule has 2 aromatic rings. The number of rotatable bonds is 2. The number of alkyl halides is 3. The molecule has 0 amide bonds. The summed E-state index contributed by atoms with van der Waals surface area (Å²) in [6, 6.07) is 6.25. The highest BCUT2D eigenvalue weighted by Crippen LogP contribution is 2.36. The second kappa shape index (κ2) is 4.72. The molecule has 0 atom stereocenters. The predicted molar refractivity (Wildman–Crippen MR) is 63.5 cm³/mol. The number of benzene rings is 1. The Bertz CT molecular complexity index is 609. The number of carbonyl (C=O) groups excluding carboxylic acids is 1. The maximum atomic E-state index is 12.9. The lowest BCUT2D eigenvalue weighted by atomic mass is 9.97. The van der Waals surface area contributed by atoms with E-state index in [1.807, 2.05) is 0 Å². The second-order valence-corrected chi connectivity index (χ2v) is 3.83. The molecule has 0 aliphatic rings. The van der Waals surface area contributed by atoms with Crippen LogP contribution in [0.4, 0.5) is 18.9 Å². The molecule has 3 nitrogen and oxygen atoms in total. The van der Waals surface area contributed by atoms with Crippen LogP contribution in [0.15, 0.2) is 42.7 Å². The van der Waals surface area contributed by atoms with Gasteiger partial charge in [-0.15, -0.1) is 0 Å². The fourth-order valence-electron chi connectivity index (χ4n) is 1.73. The number of nitrogens with two attached hydrogens (primary N) is 1. The van der Waals surface area contributed by atoms with E-state index in [1.54, 1.807) is 0 Å². The van der Waals surface area contributed by atoms with Crippen molar-refractivity contribution in [3.63, 3.8) is 0 Å². The Morgan fingerprint density at radius 1 is 1.11 bits per heavy atom. The minimum Gasteiger partial charge on any atom is -0.398 e. The molecule has 0 bridgehead atoms. The van der Waals surface area contributed by atoms with Gasteiger partial charge in [0.1, 0.15) is 0 Å². The average molecular weight is 266 g/mol. The summed E-state index contributed by atoms with van der Waals surface area (Å²) in [7, 11) is 0. The maximum Gasteiger partial charge on any atom is 0.419 e. The molecule has 0 spiro atoms. The maximum absolute atomic E-state index is 12.9. The van der Waals surface area contributed by atoms with Gasteiger partial charge in [0.2, 0.25) is 0 Å². The van der Waals surface area contributed by atoms with Gasteiger partial charge >= 0.3 is 6.18 Å². The zero-order chi connectivity index (χ0) is 14.0. The topological polar surface area (TPSA) is 56.0 Å². The first-order chi connectivity index (χ1) is 8.91. The van der Waals surface area contributed by atoms with Gasteiger partial charge < -0.3 is 5.73 Å². The van der Waals surface area contributed by atoms with E-state index in [9.17, 15) is 18.0 Å². The minimum absolute atomic E-state index is 0.131. The van der Waals surface area contributed by atoms with Crippen LogP contribution < -0.4 is 5.73 Å². The Labute approximate surface area is 106 Å². The van der Waals surface area contributed by atoms with Crippen LogP contribution in [0.25, 0.3) is 0 Å². The number of hydrogen-bond acceptors (Lipinski definition) is 3. The first-order valence-electron chi connectivity index (χ1n) is 5.31. The van der Waals surface area contributed by atoms with Crippen molar-refractivity contribution in [3.05, 3.63) is 59.4 Å². The van der Waals surface area contributed by atoms with Crippen LogP contribution >= 0.6 is 0 Å². The number of aromatic nitrogens is 1. The smallest absolute Gasteiger partial charge is 0.398 e. The Kier molecular flexibility index (Phi) is 3.25. The summed E-state index contributed by atoms with van der Waals surface area (Å²) < 4.78 is 38.8. The molecule has 6 heteroatoms. The van der Waals surface area contributed by atoms with Crippen LogP contribution in [0.3, 0.4) is 0 Å². The van der Waals surface area contributed by atoms with E-state index in [0.29, 0.717) is 0 Å². The number of carbonyl (C=O) groups is 1. The van der Waals surface area contributed by atoms with E-state index in [2.05, 4.69) is 4.98 Å². The lowest BCUT2D eigenvalue weighted by Gasteiger charge is -2.14. The van der Waals surface area contributed by atoms with Crippen LogP contribution in [-0.4, -0.2) is 10.8 Å². The van der Waals surface area contributed by atoms with Crippen molar-refractivity contribution in [1.82, 2.24) is 4.98 Å². The van der Waals surface area contributed by atoms with Crippen molar-refractivity contribution < 1.29 is 18.0 Å². The Hall–Kier alpha value is -2.37. The molecule has 0 fully saturated rings. The fraction of sp³-hybridized carbons (Fsp3) is 0.0769. The van der Waals surface area contributed by atoms with Crippen molar-refractivity contribution in [2.75, 3.05) is 5.73 Å². The molecular formula is C13H9F3N2O. The summed E-state index contributed by atoms with van der Waals surface area (Å²) in [5, 5.41) is 0. The summed E-state index contributed by atoms with van der Waals surface area (Å²) in [6.45, 7) is 0. The first-order valence-corrected chi connectivity index (χ1v) is 5.31. The van der Waals surface area contributed by atoms with Gasteiger partial charge in [0.15, 0.2) is 5.78 Å². The molecule has 1 heterocycles. The number of nitrogens with zero attached hydrogens (tertiary/aromatic N) is 1. The predicted octanol–water partition coefficient (Wildman–Crippen LogP) is 2.91. The number of pyridine rings is 1. The molecule has 0 aliphatic heterocycles. The third kappa shape index (κ3) is 2.57. The monoisotopic (exact) mass is 266 g/mol. The molecular weight excluding hydrogens is 257 g/mol. The van der Waals surface area contributed by atoms with E-state index in [-0.39, 0.29) is 5.56 Å². The standard InChI is InChI=1S/C13H9F3N2O/c14-13(15,16)11-9(2-1-3-10(11)17)12(19)8-4-6-18-7-5-8/h1-7H,17H2. The van der Waals surface area contributed by atoms with E-state index < -0.39 is 28.8 Å². The van der Waals surface area contributed by atoms with Crippen molar-refractivity contribution in [2.45, 2.75) is 6.18 Å². The number of hydrogen-bond donors (Lipinski definition) is 1. The molecule has 0 radical (unpaired) electrons. The van der Waals surface area contributed by atoms with Gasteiger partial charge in [-0.1, -0.05) is 12.1 Å². The van der Waals surface area contributed by atoms with Crippen molar-refractivity contribution in [1.29, 1.82) is 0 Å². The van der Waals surface area contributed by atoms with E-state index in [1.165, 1.54) is 30.6 Å². The van der Waals surface area contributed by atoms with Crippen LogP contribution in [-0.2, 0) is 6.18 Å². The van der Waals surface area contributed by atoms with Gasteiger partial charge in [-0.3, -0.25) is 9.78 Å². The molecule has 1 aromatic heterocycles. The lowest BCUT2D eigenvalue weighted by molar-refractivity contribution is -0.137. The zero-order valence-electron chi connectivity index (χ0n) is 9.61. The van der Waals surface area contributed by atoms with Crippen LogP contribution in [0.5, 0.6) is 0 Å². The Morgan fingerprint density at radius 3 is 2.32 bits per heavy atom. The van der Waals surface area contributed by atoms with Gasteiger partial charge in [-0.2, -0.15) is 13.2 Å². The summed E-state index contributed by atoms with van der Waals surface area (Å²) in [5.74, 6) is -0.734. The largest absolute Gasteiger partial charge is 0.419 e. The molecule has 1 aromatic carbocycles. The highest BCUT2D eigenvalue weighted by Gasteiger charge is 2.37. The molecule has 0 unspecified atom stereocenters. The highest BCUT2D eigenvalue weighted by molar-refractivity contribution is 6.10. The van der Waals surface area contributed by atoms with Crippen molar-refractivity contribution in [3.8, 4) is 0 Å². The number of nitrogen functional groups attached to an aromatic ring is 1. The van der Waals surface area contributed by atoms with E-state index in [0.717, 1.165) is 12.1 Å². The summed E-state index contributed by atoms with van der Waals surface area (Å²) >= 11 is 0. The summed E-state index contributed by atoms with van der Waals surface area (Å²) in [5.41, 5.74) is 3.44. The molecule has 0 aliphatic carbocycles. The molecule has 98 valence electrons. The molecule has 2 N–H and O–H groups in total. The fourth-order valence-corrected chi connectivity index (χ4v) is 1.73.